The van der Waals surface area contributed by atoms with Crippen LogP contribution in [0, 0.1) is 11.6 Å². The van der Waals surface area contributed by atoms with Gasteiger partial charge in [0.2, 0.25) is 0 Å². The smallest absolute Gasteiger partial charge is 0.270 e. The first-order chi connectivity index (χ1) is 16.2. The Kier molecular flexibility index (Phi) is 6.96. The maximum absolute atomic E-state index is 13.1. The number of nitrogens with zero attached hydrogens (tertiary/aromatic N) is 3. The summed E-state index contributed by atoms with van der Waals surface area (Å²) < 4.78 is 26.2. The Bertz CT molecular complexity index is 1130. The molecule has 2 aromatic rings. The van der Waals surface area contributed by atoms with Gasteiger partial charge in [0.15, 0.2) is 0 Å². The van der Waals surface area contributed by atoms with Gasteiger partial charge in [-0.05, 0) is 78.1 Å². The van der Waals surface area contributed by atoms with Crippen molar-refractivity contribution in [2.45, 2.75) is 0 Å². The third kappa shape index (κ3) is 5.27. The minimum absolute atomic E-state index is 0.135. The molecule has 0 bridgehead atoms. The number of hydrogen-bond donors (Lipinski definition) is 0. The van der Waals surface area contributed by atoms with Crippen LogP contribution in [0.5, 0.6) is 0 Å². The van der Waals surface area contributed by atoms with E-state index in [-0.39, 0.29) is 23.1 Å². The highest BCUT2D eigenvalue weighted by atomic mass is 32.2. The summed E-state index contributed by atoms with van der Waals surface area (Å²) in [6.07, 6.45) is 3.00. The van der Waals surface area contributed by atoms with Gasteiger partial charge in [0.25, 0.3) is 22.3 Å². The molecule has 174 valence electrons. The molecule has 0 aliphatic carbocycles. The average Bonchev–Trinajstić information content (AvgIpc) is 3.21. The Hall–Kier alpha value is -3.28. The average molecular weight is 502 g/mol. The van der Waals surface area contributed by atoms with Crippen molar-refractivity contribution in [1.82, 2.24) is 14.7 Å². The molecule has 11 heteroatoms. The van der Waals surface area contributed by atoms with Crippen LogP contribution in [-0.4, -0.2) is 57.4 Å². The van der Waals surface area contributed by atoms with Crippen LogP contribution in [-0.2, 0) is 9.59 Å². The number of rotatable bonds is 6. The largest absolute Gasteiger partial charge is 0.294 e. The van der Waals surface area contributed by atoms with Crippen LogP contribution in [0.4, 0.5) is 18.4 Å². The van der Waals surface area contributed by atoms with E-state index in [9.17, 15) is 28.0 Å². The Morgan fingerprint density at radius 2 is 1.06 bits per heavy atom. The third-order valence-electron chi connectivity index (χ3n) is 4.85. The molecule has 0 aromatic heterocycles. The molecule has 2 aromatic carbocycles. The number of carbonyl (C=O) groups is 4. The number of thioether (sulfide) groups is 2. The molecule has 0 unspecified atom stereocenters. The fraction of sp³-hybridized carbons (Fsp3) is 0.130. The third-order valence-corrected chi connectivity index (χ3v) is 6.66. The number of halogens is 2. The highest BCUT2D eigenvalue weighted by molar-refractivity contribution is 8.18. The maximum atomic E-state index is 13.1. The summed E-state index contributed by atoms with van der Waals surface area (Å²) in [5.74, 6) is -1.86. The Morgan fingerprint density at radius 3 is 1.41 bits per heavy atom. The lowest BCUT2D eigenvalue weighted by Gasteiger charge is -2.25. The van der Waals surface area contributed by atoms with Crippen LogP contribution < -0.4 is 0 Å². The molecule has 4 rings (SSSR count). The molecule has 2 fully saturated rings. The lowest BCUT2D eigenvalue weighted by atomic mass is 10.2. The van der Waals surface area contributed by atoms with Gasteiger partial charge >= 0.3 is 0 Å². The van der Waals surface area contributed by atoms with Crippen molar-refractivity contribution in [1.29, 1.82) is 0 Å². The molecule has 0 atom stereocenters. The fourth-order valence-electron chi connectivity index (χ4n) is 3.19. The van der Waals surface area contributed by atoms with Crippen molar-refractivity contribution >= 4 is 58.0 Å². The lowest BCUT2D eigenvalue weighted by molar-refractivity contribution is -0.125. The van der Waals surface area contributed by atoms with Gasteiger partial charge in [0.1, 0.15) is 11.6 Å². The lowest BCUT2D eigenvalue weighted by Crippen LogP contribution is -2.45. The summed E-state index contributed by atoms with van der Waals surface area (Å²) in [7, 11) is 1.57. The van der Waals surface area contributed by atoms with E-state index < -0.39 is 33.9 Å². The van der Waals surface area contributed by atoms with Crippen molar-refractivity contribution in [3.8, 4) is 0 Å². The van der Waals surface area contributed by atoms with Gasteiger partial charge in [-0.2, -0.15) is 0 Å². The Morgan fingerprint density at radius 1 is 0.706 bits per heavy atom. The predicted octanol–water partition coefficient (Wildman–Crippen LogP) is 4.58. The molecule has 2 aliphatic rings. The molecular weight excluding hydrogens is 484 g/mol. The quantitative estimate of drug-likeness (QED) is 0.536. The van der Waals surface area contributed by atoms with Crippen LogP contribution in [0.15, 0.2) is 58.3 Å². The van der Waals surface area contributed by atoms with Gasteiger partial charge in [0, 0.05) is 0 Å². The van der Waals surface area contributed by atoms with Crippen LogP contribution in [0.3, 0.4) is 0 Å². The predicted molar refractivity (Wildman–Crippen MR) is 126 cm³/mol. The van der Waals surface area contributed by atoms with E-state index in [1.165, 1.54) is 65.6 Å². The number of imide groups is 2. The number of benzene rings is 2. The van der Waals surface area contributed by atoms with Crippen molar-refractivity contribution in [2.24, 2.45) is 0 Å². The van der Waals surface area contributed by atoms with Gasteiger partial charge in [-0.15, -0.1) is 0 Å². The van der Waals surface area contributed by atoms with Crippen molar-refractivity contribution < 1.29 is 28.0 Å². The topological polar surface area (TPSA) is 78.0 Å². The monoisotopic (exact) mass is 501 g/mol. The van der Waals surface area contributed by atoms with Crippen molar-refractivity contribution in [3.05, 3.63) is 81.1 Å². The van der Waals surface area contributed by atoms with Gasteiger partial charge < -0.3 is 0 Å². The summed E-state index contributed by atoms with van der Waals surface area (Å²) in [4.78, 5) is 54.0. The second-order valence-electron chi connectivity index (χ2n) is 7.46. The van der Waals surface area contributed by atoms with E-state index >= 15 is 0 Å². The Labute approximate surface area is 202 Å². The van der Waals surface area contributed by atoms with E-state index in [4.69, 9.17) is 0 Å². The molecular formula is C23H17F2N3O4S2. The maximum Gasteiger partial charge on any atom is 0.294 e. The van der Waals surface area contributed by atoms with Crippen LogP contribution in [0.2, 0.25) is 0 Å². The molecule has 34 heavy (non-hydrogen) atoms. The summed E-state index contributed by atoms with van der Waals surface area (Å²) in [5.41, 5.74) is 1.15. The van der Waals surface area contributed by atoms with Crippen LogP contribution >= 0.6 is 23.5 Å². The van der Waals surface area contributed by atoms with E-state index in [1.807, 2.05) is 0 Å². The first-order valence-corrected chi connectivity index (χ1v) is 11.5. The van der Waals surface area contributed by atoms with Crippen LogP contribution in [0.1, 0.15) is 11.1 Å². The number of carbonyl (C=O) groups excluding carboxylic acids is 4. The molecule has 2 aliphatic heterocycles. The van der Waals surface area contributed by atoms with Crippen molar-refractivity contribution in [2.75, 3.05) is 20.4 Å². The number of hydrogen-bond acceptors (Lipinski definition) is 7. The zero-order chi connectivity index (χ0) is 24.4. The minimum atomic E-state index is -0.517. The molecule has 4 amide bonds. The molecule has 0 radical (unpaired) electrons. The molecule has 2 heterocycles. The summed E-state index contributed by atoms with van der Waals surface area (Å²) in [6, 6.07) is 11.0. The minimum Gasteiger partial charge on any atom is -0.270 e. The van der Waals surface area contributed by atoms with Gasteiger partial charge in [-0.1, -0.05) is 24.3 Å². The SMILES string of the molecule is CN(CN1C(=O)SC(=Cc2ccc(F)cc2)C1=O)CN1C(=O)SC(=Cc2ccc(F)cc2)C1=O. The zero-order valence-corrected chi connectivity index (χ0v) is 19.4. The van der Waals surface area contributed by atoms with Crippen molar-refractivity contribution in [3.63, 3.8) is 0 Å². The molecule has 7 nitrogen and oxygen atoms in total. The molecule has 2 saturated heterocycles. The molecule has 0 spiro atoms. The van der Waals surface area contributed by atoms with E-state index in [1.54, 1.807) is 7.05 Å². The summed E-state index contributed by atoms with van der Waals surface area (Å²) in [6.45, 7) is -0.270. The summed E-state index contributed by atoms with van der Waals surface area (Å²) in [5, 5.41) is -0.980. The highest BCUT2D eigenvalue weighted by Gasteiger charge is 2.38. The second kappa shape index (κ2) is 9.92. The zero-order valence-electron chi connectivity index (χ0n) is 17.7. The fourth-order valence-corrected chi connectivity index (χ4v) is 4.86. The first-order valence-electron chi connectivity index (χ1n) is 9.91. The highest BCUT2D eigenvalue weighted by Crippen LogP contribution is 2.34. The van der Waals surface area contributed by atoms with Crippen LogP contribution in [0.25, 0.3) is 12.2 Å². The second-order valence-corrected chi connectivity index (χ2v) is 9.45. The molecule has 0 N–H and O–H groups in total. The van der Waals surface area contributed by atoms with E-state index in [0.717, 1.165) is 33.3 Å². The Balaban J connectivity index is 1.40. The van der Waals surface area contributed by atoms with E-state index in [2.05, 4.69) is 0 Å². The number of amides is 4. The molecule has 0 saturated carbocycles. The van der Waals surface area contributed by atoms with Gasteiger partial charge in [-0.25, -0.2) is 8.78 Å². The van der Waals surface area contributed by atoms with Gasteiger partial charge in [0.05, 0.1) is 23.1 Å². The normalized spacial score (nSPS) is 18.9. The standard InChI is InChI=1S/C23H17F2N3O4S2/c1-26(12-27-20(29)18(33-22(27)31)10-14-2-6-16(24)7-3-14)13-28-21(30)19(34-23(28)32)11-15-4-8-17(25)9-5-15/h2-11H,12-13H2,1H3. The van der Waals surface area contributed by atoms with Gasteiger partial charge in [-0.3, -0.25) is 33.9 Å². The summed E-state index contributed by atoms with van der Waals surface area (Å²) >= 11 is 1.52. The first kappa shape index (κ1) is 23.9. The van der Waals surface area contributed by atoms with E-state index in [0.29, 0.717) is 11.1 Å².